The molecule has 1 fully saturated rings. The van der Waals surface area contributed by atoms with Crippen LogP contribution in [-0.2, 0) is 4.79 Å². The molecule has 0 aromatic rings. The molecule has 1 aliphatic rings. The van der Waals surface area contributed by atoms with Crippen LogP contribution in [0.15, 0.2) is 0 Å². The maximum Gasteiger partial charge on any atom is 0.238 e. The molecule has 0 aliphatic carbocycles. The van der Waals surface area contributed by atoms with E-state index >= 15 is 0 Å². The van der Waals surface area contributed by atoms with Gasteiger partial charge in [0, 0.05) is 6.04 Å². The Morgan fingerprint density at radius 3 is 2.38 bits per heavy atom. The third-order valence-electron chi connectivity index (χ3n) is 2.77. The summed E-state index contributed by atoms with van der Waals surface area (Å²) in [5.74, 6) is 1.48. The molecule has 0 saturated carbocycles. The Hall–Kier alpha value is -0.570. The molecule has 1 heterocycles. The lowest BCUT2D eigenvalue weighted by Crippen LogP contribution is -2.37. The summed E-state index contributed by atoms with van der Waals surface area (Å²) in [6, 6.07) is 0.301. The van der Waals surface area contributed by atoms with Crippen molar-refractivity contribution in [3.63, 3.8) is 0 Å². The number of carbonyl (C=O) groups excluding carboxylic acids is 1. The van der Waals surface area contributed by atoms with Crippen LogP contribution >= 0.6 is 0 Å². The van der Waals surface area contributed by atoms with Gasteiger partial charge in [0.1, 0.15) is 0 Å². The van der Waals surface area contributed by atoms with Crippen LogP contribution < -0.4 is 10.9 Å². The smallest absolute Gasteiger partial charge is 0.238 e. The van der Waals surface area contributed by atoms with Crippen LogP contribution in [-0.4, -0.2) is 11.9 Å². The monoisotopic (exact) mass is 184 g/mol. The SMILES string of the molecule is CC(C)CC(C)C1NNC(=O)C1C. The lowest BCUT2D eigenvalue weighted by Gasteiger charge is -2.22. The third kappa shape index (κ3) is 2.44. The van der Waals surface area contributed by atoms with E-state index in [2.05, 4.69) is 31.6 Å². The molecule has 0 aromatic heterocycles. The average Bonchev–Trinajstić information content (AvgIpc) is 2.31. The Kier molecular flexibility index (Phi) is 3.31. The zero-order valence-corrected chi connectivity index (χ0v) is 8.92. The molecule has 0 spiro atoms. The second-order valence-electron chi connectivity index (χ2n) is 4.55. The summed E-state index contributed by atoms with van der Waals surface area (Å²) < 4.78 is 0. The molecule has 0 bridgehead atoms. The lowest BCUT2D eigenvalue weighted by molar-refractivity contribution is -0.122. The Bertz CT molecular complexity index is 191. The summed E-state index contributed by atoms with van der Waals surface area (Å²) in [7, 11) is 0. The molecule has 3 unspecified atom stereocenters. The van der Waals surface area contributed by atoms with E-state index in [0.29, 0.717) is 17.9 Å². The van der Waals surface area contributed by atoms with Crippen LogP contribution in [0.3, 0.4) is 0 Å². The van der Waals surface area contributed by atoms with Gasteiger partial charge >= 0.3 is 0 Å². The van der Waals surface area contributed by atoms with Crippen molar-refractivity contribution in [1.29, 1.82) is 0 Å². The largest absolute Gasteiger partial charge is 0.291 e. The highest BCUT2D eigenvalue weighted by Crippen LogP contribution is 2.22. The Morgan fingerprint density at radius 1 is 1.38 bits per heavy atom. The van der Waals surface area contributed by atoms with Crippen LogP contribution in [0.4, 0.5) is 0 Å². The first kappa shape index (κ1) is 10.5. The molecule has 3 heteroatoms. The number of carbonyl (C=O) groups is 1. The number of hydrogen-bond acceptors (Lipinski definition) is 2. The van der Waals surface area contributed by atoms with Gasteiger partial charge in [0.15, 0.2) is 0 Å². The number of rotatable bonds is 3. The average molecular weight is 184 g/mol. The summed E-state index contributed by atoms with van der Waals surface area (Å²) in [5, 5.41) is 0. The first-order chi connectivity index (χ1) is 6.02. The van der Waals surface area contributed by atoms with E-state index in [9.17, 15) is 4.79 Å². The van der Waals surface area contributed by atoms with Gasteiger partial charge in [-0.2, -0.15) is 0 Å². The topological polar surface area (TPSA) is 41.1 Å². The summed E-state index contributed by atoms with van der Waals surface area (Å²) in [6.07, 6.45) is 1.16. The predicted molar refractivity (Wildman–Crippen MR) is 52.8 cm³/mol. The van der Waals surface area contributed by atoms with Crippen molar-refractivity contribution in [2.45, 2.75) is 40.2 Å². The molecule has 13 heavy (non-hydrogen) atoms. The van der Waals surface area contributed by atoms with Crippen molar-refractivity contribution < 1.29 is 4.79 Å². The summed E-state index contributed by atoms with van der Waals surface area (Å²) >= 11 is 0. The lowest BCUT2D eigenvalue weighted by atomic mass is 9.86. The molecule has 1 amide bonds. The Labute approximate surface area is 80.2 Å². The van der Waals surface area contributed by atoms with Gasteiger partial charge in [-0.1, -0.05) is 27.7 Å². The van der Waals surface area contributed by atoms with Crippen molar-refractivity contribution in [2.24, 2.45) is 17.8 Å². The maximum atomic E-state index is 11.2. The molecule has 3 nitrogen and oxygen atoms in total. The Balaban J connectivity index is 2.48. The highest BCUT2D eigenvalue weighted by molar-refractivity contribution is 5.80. The van der Waals surface area contributed by atoms with Crippen LogP contribution in [0.1, 0.15) is 34.1 Å². The summed E-state index contributed by atoms with van der Waals surface area (Å²) in [4.78, 5) is 11.2. The van der Waals surface area contributed by atoms with E-state index in [1.807, 2.05) is 6.92 Å². The van der Waals surface area contributed by atoms with Crippen LogP contribution in [0.5, 0.6) is 0 Å². The molecule has 1 saturated heterocycles. The zero-order valence-electron chi connectivity index (χ0n) is 8.92. The molecule has 1 aliphatic heterocycles. The van der Waals surface area contributed by atoms with Crippen LogP contribution in [0.25, 0.3) is 0 Å². The minimum Gasteiger partial charge on any atom is -0.291 e. The highest BCUT2D eigenvalue weighted by Gasteiger charge is 2.34. The number of hydrogen-bond donors (Lipinski definition) is 2. The normalized spacial score (nSPS) is 30.7. The molecule has 0 aromatic carbocycles. The minimum absolute atomic E-state index is 0.105. The molecule has 2 N–H and O–H groups in total. The van der Waals surface area contributed by atoms with Crippen LogP contribution in [0.2, 0.25) is 0 Å². The molecule has 3 atom stereocenters. The van der Waals surface area contributed by atoms with Gasteiger partial charge in [-0.15, -0.1) is 0 Å². The van der Waals surface area contributed by atoms with Gasteiger partial charge in [-0.25, -0.2) is 5.43 Å². The van der Waals surface area contributed by atoms with E-state index in [4.69, 9.17) is 0 Å². The van der Waals surface area contributed by atoms with E-state index in [1.54, 1.807) is 0 Å². The Morgan fingerprint density at radius 2 is 2.00 bits per heavy atom. The molecular weight excluding hydrogens is 164 g/mol. The van der Waals surface area contributed by atoms with Gasteiger partial charge in [-0.3, -0.25) is 10.2 Å². The summed E-state index contributed by atoms with van der Waals surface area (Å²) in [5.41, 5.74) is 5.75. The maximum absolute atomic E-state index is 11.2. The van der Waals surface area contributed by atoms with Crippen molar-refractivity contribution >= 4 is 5.91 Å². The number of nitrogens with one attached hydrogen (secondary N) is 2. The standard InChI is InChI=1S/C10H20N2O/c1-6(2)5-7(3)9-8(4)10(13)12-11-9/h6-9,11H,5H2,1-4H3,(H,12,13). The van der Waals surface area contributed by atoms with E-state index in [-0.39, 0.29) is 11.8 Å². The molecule has 0 radical (unpaired) electrons. The van der Waals surface area contributed by atoms with Gasteiger partial charge in [0.05, 0.1) is 5.92 Å². The van der Waals surface area contributed by atoms with Crippen molar-refractivity contribution in [2.75, 3.05) is 0 Å². The highest BCUT2D eigenvalue weighted by atomic mass is 16.2. The van der Waals surface area contributed by atoms with E-state index < -0.39 is 0 Å². The van der Waals surface area contributed by atoms with Gasteiger partial charge in [-0.05, 0) is 18.3 Å². The zero-order chi connectivity index (χ0) is 10.0. The quantitative estimate of drug-likeness (QED) is 0.694. The fourth-order valence-corrected chi connectivity index (χ4v) is 2.08. The van der Waals surface area contributed by atoms with Crippen molar-refractivity contribution in [1.82, 2.24) is 10.9 Å². The fourth-order valence-electron chi connectivity index (χ4n) is 2.08. The number of hydrazine groups is 1. The van der Waals surface area contributed by atoms with Crippen molar-refractivity contribution in [3.8, 4) is 0 Å². The molecule has 1 rings (SSSR count). The van der Waals surface area contributed by atoms with Gasteiger partial charge in [0.25, 0.3) is 0 Å². The van der Waals surface area contributed by atoms with Gasteiger partial charge in [0.2, 0.25) is 5.91 Å². The van der Waals surface area contributed by atoms with E-state index in [0.717, 1.165) is 6.42 Å². The first-order valence-corrected chi connectivity index (χ1v) is 5.07. The first-order valence-electron chi connectivity index (χ1n) is 5.07. The molecular formula is C10H20N2O. The summed E-state index contributed by atoms with van der Waals surface area (Å²) in [6.45, 7) is 8.61. The second kappa shape index (κ2) is 4.09. The molecule has 76 valence electrons. The fraction of sp³-hybridized carbons (Fsp3) is 0.900. The second-order valence-corrected chi connectivity index (χ2v) is 4.55. The van der Waals surface area contributed by atoms with Crippen LogP contribution in [0, 0.1) is 17.8 Å². The van der Waals surface area contributed by atoms with E-state index in [1.165, 1.54) is 0 Å². The van der Waals surface area contributed by atoms with Gasteiger partial charge < -0.3 is 0 Å². The third-order valence-corrected chi connectivity index (χ3v) is 2.77. The minimum atomic E-state index is 0.105. The predicted octanol–water partition coefficient (Wildman–Crippen LogP) is 1.31. The van der Waals surface area contributed by atoms with Crippen molar-refractivity contribution in [3.05, 3.63) is 0 Å². The number of amides is 1.